The second-order valence-corrected chi connectivity index (χ2v) is 11.4. The zero-order valence-corrected chi connectivity index (χ0v) is 24.6. The van der Waals surface area contributed by atoms with Gasteiger partial charge in [-0.3, -0.25) is 4.99 Å². The zero-order valence-electron chi connectivity index (χ0n) is 24.6. The van der Waals surface area contributed by atoms with Gasteiger partial charge in [0.2, 0.25) is 0 Å². The maximum atomic E-state index is 9.52. The number of aromatic nitrogens is 1. The Morgan fingerprint density at radius 2 is 1.46 bits per heavy atom. The predicted octanol–water partition coefficient (Wildman–Crippen LogP) is 10.8. The van der Waals surface area contributed by atoms with Crippen LogP contribution in [0.15, 0.2) is 77.8 Å². The summed E-state index contributed by atoms with van der Waals surface area (Å²) >= 11 is 0. The van der Waals surface area contributed by atoms with E-state index in [4.69, 9.17) is 9.98 Å². The Morgan fingerprint density at radius 3 is 2.12 bits per heavy atom. The van der Waals surface area contributed by atoms with E-state index < -0.39 is 0 Å². The molecule has 0 spiro atoms. The number of hydrogen-bond donors (Lipinski definition) is 2. The largest absolute Gasteiger partial charge is 0.508 e. The Balaban J connectivity index is 1.46. The number of aryl methyl sites for hydroxylation is 1. The van der Waals surface area contributed by atoms with E-state index in [2.05, 4.69) is 79.8 Å². The number of phenolic OH excluding ortho intramolecular Hbond substituents is 1. The van der Waals surface area contributed by atoms with Crippen LogP contribution in [0.25, 0.3) is 23.1 Å². The van der Waals surface area contributed by atoms with Gasteiger partial charge in [0.1, 0.15) is 11.4 Å². The summed E-state index contributed by atoms with van der Waals surface area (Å²) in [5, 5.41) is 14.3. The molecule has 0 amide bonds. The average molecular weight is 546 g/mol. The average Bonchev–Trinajstić information content (AvgIpc) is 3.13. The number of fused-ring (bicyclic) bond motifs is 1. The first-order valence-electron chi connectivity index (χ1n) is 15.4. The minimum atomic E-state index is 0.278. The number of rotatable bonds is 8. The molecule has 3 aromatic carbocycles. The van der Waals surface area contributed by atoms with Gasteiger partial charge >= 0.3 is 0 Å². The molecule has 1 heterocycles. The van der Waals surface area contributed by atoms with Crippen molar-refractivity contribution in [3.05, 3.63) is 89.5 Å². The van der Waals surface area contributed by atoms with Crippen molar-refractivity contribution in [2.45, 2.75) is 78.1 Å². The molecule has 5 rings (SSSR count). The standard InChI is InChI=1S/C37H43N3O/c1-3-12-34(30-13-8-6-4-5-7-9-14-30)39-36-27(2)33-15-10-11-16-35(33)40-37(36)38-31-23-19-28(20-24-31)17-18-29-21-25-32(41)26-22-29/h10-11,15-26,30,41H,3-9,12-14H2,1-2H3,(H,38,40)/b18-17+,39-34?. The fraction of sp³-hybridized carbons (Fsp3) is 0.351. The van der Waals surface area contributed by atoms with Gasteiger partial charge in [-0.1, -0.05) is 106 Å². The highest BCUT2D eigenvalue weighted by atomic mass is 16.3. The highest BCUT2D eigenvalue weighted by molar-refractivity contribution is 5.96. The fourth-order valence-corrected chi connectivity index (χ4v) is 5.90. The third kappa shape index (κ3) is 7.64. The first kappa shape index (κ1) is 28.6. The van der Waals surface area contributed by atoms with Crippen LogP contribution in [-0.2, 0) is 0 Å². The molecule has 0 bridgehead atoms. The van der Waals surface area contributed by atoms with E-state index >= 15 is 0 Å². The zero-order chi connectivity index (χ0) is 28.4. The molecular formula is C37H43N3O. The molecule has 212 valence electrons. The number of anilines is 2. The van der Waals surface area contributed by atoms with Gasteiger partial charge in [0.05, 0.1) is 5.52 Å². The Kier molecular flexibility index (Phi) is 9.85. The molecule has 1 aromatic heterocycles. The molecule has 1 fully saturated rings. The smallest absolute Gasteiger partial charge is 0.157 e. The molecule has 41 heavy (non-hydrogen) atoms. The van der Waals surface area contributed by atoms with Gasteiger partial charge < -0.3 is 10.4 Å². The maximum Gasteiger partial charge on any atom is 0.157 e. The van der Waals surface area contributed by atoms with E-state index in [9.17, 15) is 5.11 Å². The van der Waals surface area contributed by atoms with Crippen molar-refractivity contribution in [3.8, 4) is 5.75 Å². The number of aliphatic imine (C=N–C) groups is 1. The number of nitrogens with zero attached hydrogens (tertiary/aromatic N) is 2. The topological polar surface area (TPSA) is 57.5 Å². The van der Waals surface area contributed by atoms with Crippen LogP contribution < -0.4 is 5.32 Å². The molecule has 4 heteroatoms. The van der Waals surface area contributed by atoms with Crippen LogP contribution in [0.4, 0.5) is 17.2 Å². The van der Waals surface area contributed by atoms with Crippen molar-refractivity contribution in [1.29, 1.82) is 0 Å². The molecule has 1 aliphatic rings. The summed E-state index contributed by atoms with van der Waals surface area (Å²) < 4.78 is 0. The second-order valence-electron chi connectivity index (χ2n) is 11.4. The van der Waals surface area contributed by atoms with Gasteiger partial charge in [-0.15, -0.1) is 0 Å². The lowest BCUT2D eigenvalue weighted by Crippen LogP contribution is -2.15. The lowest BCUT2D eigenvalue weighted by Gasteiger charge is -2.21. The maximum absolute atomic E-state index is 9.52. The number of nitrogens with one attached hydrogen (secondary N) is 1. The van der Waals surface area contributed by atoms with Crippen molar-refractivity contribution in [3.63, 3.8) is 0 Å². The van der Waals surface area contributed by atoms with Crippen LogP contribution in [0.1, 0.15) is 87.8 Å². The number of para-hydroxylation sites is 1. The number of phenols is 1. The van der Waals surface area contributed by atoms with Crippen LogP contribution in [0.2, 0.25) is 0 Å². The quantitative estimate of drug-likeness (QED) is 0.171. The summed E-state index contributed by atoms with van der Waals surface area (Å²) in [7, 11) is 0. The van der Waals surface area contributed by atoms with E-state index in [1.165, 1.54) is 62.6 Å². The summed E-state index contributed by atoms with van der Waals surface area (Å²) in [5.74, 6) is 1.66. The molecular weight excluding hydrogens is 502 g/mol. The van der Waals surface area contributed by atoms with Crippen LogP contribution in [0.5, 0.6) is 5.75 Å². The lowest BCUT2D eigenvalue weighted by molar-refractivity contribution is 0.475. The molecule has 2 N–H and O–H groups in total. The van der Waals surface area contributed by atoms with Gasteiger partial charge in [0, 0.05) is 16.8 Å². The van der Waals surface area contributed by atoms with Gasteiger partial charge in [0.15, 0.2) is 5.82 Å². The molecule has 4 aromatic rings. The van der Waals surface area contributed by atoms with Crippen LogP contribution in [0, 0.1) is 12.8 Å². The number of aromatic hydroxyl groups is 1. The summed E-state index contributed by atoms with van der Waals surface area (Å²) in [6.45, 7) is 4.46. The monoisotopic (exact) mass is 545 g/mol. The van der Waals surface area contributed by atoms with E-state index in [1.807, 2.05) is 12.1 Å². The number of pyridine rings is 1. The highest BCUT2D eigenvalue weighted by Gasteiger charge is 2.19. The minimum absolute atomic E-state index is 0.278. The van der Waals surface area contributed by atoms with Crippen molar-refractivity contribution in [2.24, 2.45) is 10.9 Å². The highest BCUT2D eigenvalue weighted by Crippen LogP contribution is 2.37. The van der Waals surface area contributed by atoms with Gasteiger partial charge in [-0.25, -0.2) is 4.98 Å². The van der Waals surface area contributed by atoms with Crippen molar-refractivity contribution in [1.82, 2.24) is 4.98 Å². The summed E-state index contributed by atoms with van der Waals surface area (Å²) in [5.41, 5.74) is 7.64. The van der Waals surface area contributed by atoms with E-state index in [-0.39, 0.29) is 5.75 Å². The second kappa shape index (κ2) is 14.1. The lowest BCUT2D eigenvalue weighted by atomic mass is 9.89. The van der Waals surface area contributed by atoms with Gasteiger partial charge in [0.25, 0.3) is 0 Å². The Morgan fingerprint density at radius 1 is 0.854 bits per heavy atom. The first-order valence-corrected chi connectivity index (χ1v) is 15.4. The molecule has 1 aliphatic carbocycles. The van der Waals surface area contributed by atoms with E-state index in [1.54, 1.807) is 12.1 Å². The Bertz CT molecular complexity index is 1480. The summed E-state index contributed by atoms with van der Waals surface area (Å²) in [6, 6.07) is 24.0. The third-order valence-electron chi connectivity index (χ3n) is 8.24. The predicted molar refractivity (Wildman–Crippen MR) is 176 cm³/mol. The fourth-order valence-electron chi connectivity index (χ4n) is 5.90. The van der Waals surface area contributed by atoms with Crippen LogP contribution in [-0.4, -0.2) is 15.8 Å². The normalized spacial score (nSPS) is 15.5. The van der Waals surface area contributed by atoms with Crippen LogP contribution >= 0.6 is 0 Å². The van der Waals surface area contributed by atoms with Crippen LogP contribution in [0.3, 0.4) is 0 Å². The van der Waals surface area contributed by atoms with Gasteiger partial charge in [-0.05, 0) is 79.1 Å². The molecule has 0 radical (unpaired) electrons. The Labute approximate surface area is 245 Å². The molecule has 0 saturated heterocycles. The minimum Gasteiger partial charge on any atom is -0.508 e. The summed E-state index contributed by atoms with van der Waals surface area (Å²) in [6.07, 6.45) is 16.8. The molecule has 4 nitrogen and oxygen atoms in total. The van der Waals surface area contributed by atoms with E-state index in [0.717, 1.165) is 52.1 Å². The SMILES string of the molecule is CCCC(=Nc1c(Nc2ccc(/C=C/c3ccc(O)cc3)cc2)nc2ccccc2c1C)C1CCCCCCCC1. The Hall–Kier alpha value is -3.92. The number of hydrogen-bond acceptors (Lipinski definition) is 4. The molecule has 1 saturated carbocycles. The van der Waals surface area contributed by atoms with Crippen molar-refractivity contribution < 1.29 is 5.11 Å². The van der Waals surface area contributed by atoms with E-state index in [0.29, 0.717) is 5.92 Å². The molecule has 0 aliphatic heterocycles. The summed E-state index contributed by atoms with van der Waals surface area (Å²) in [4.78, 5) is 10.6. The molecule has 0 unspecified atom stereocenters. The van der Waals surface area contributed by atoms with Crippen molar-refractivity contribution in [2.75, 3.05) is 5.32 Å². The van der Waals surface area contributed by atoms with Gasteiger partial charge in [-0.2, -0.15) is 0 Å². The third-order valence-corrected chi connectivity index (χ3v) is 8.24. The first-order chi connectivity index (χ1) is 20.1. The van der Waals surface area contributed by atoms with Crippen molar-refractivity contribution >= 4 is 46.0 Å². The molecule has 0 atom stereocenters. The number of benzene rings is 3.